The van der Waals surface area contributed by atoms with Gasteiger partial charge in [-0.05, 0) is 46.5 Å². The van der Waals surface area contributed by atoms with Crippen LogP contribution in [-0.2, 0) is 0 Å². The van der Waals surface area contributed by atoms with E-state index >= 15 is 0 Å². The fourth-order valence-corrected chi connectivity index (χ4v) is 4.09. The van der Waals surface area contributed by atoms with Gasteiger partial charge in [-0.15, -0.1) is 13.2 Å². The second-order valence-corrected chi connectivity index (χ2v) is 7.32. The molecule has 0 aromatic heterocycles. The number of halogens is 3. The normalized spacial score (nSPS) is 16.7. The highest BCUT2D eigenvalue weighted by Gasteiger charge is 2.31. The number of hydrogen-bond donors (Lipinski definition) is 1. The van der Waals surface area contributed by atoms with Crippen molar-refractivity contribution in [2.75, 3.05) is 26.2 Å². The van der Waals surface area contributed by atoms with Gasteiger partial charge in [0.2, 0.25) is 0 Å². The molecular weight excluding hydrogens is 377 g/mol. The second-order valence-electron chi connectivity index (χ2n) is 7.32. The van der Waals surface area contributed by atoms with E-state index < -0.39 is 6.36 Å². The van der Waals surface area contributed by atoms with Gasteiger partial charge in [0.15, 0.2) is 0 Å². The SMILES string of the molecule is Cc1ccc([C@@H](c2ccc(OC(F)(F)F)cc2)N2CCNCC2)c2ccccc12. The van der Waals surface area contributed by atoms with Gasteiger partial charge in [0.25, 0.3) is 0 Å². The van der Waals surface area contributed by atoms with E-state index in [1.54, 1.807) is 12.1 Å². The molecule has 4 rings (SSSR count). The Balaban J connectivity index is 1.78. The molecule has 1 fully saturated rings. The minimum atomic E-state index is -4.69. The van der Waals surface area contributed by atoms with Gasteiger partial charge in [0, 0.05) is 26.2 Å². The third kappa shape index (κ3) is 4.38. The first-order valence-corrected chi connectivity index (χ1v) is 9.71. The van der Waals surface area contributed by atoms with Crippen LogP contribution in [0.1, 0.15) is 22.7 Å². The Morgan fingerprint density at radius 2 is 1.55 bits per heavy atom. The summed E-state index contributed by atoms with van der Waals surface area (Å²) < 4.78 is 41.6. The first-order chi connectivity index (χ1) is 13.9. The Bertz CT molecular complexity index is 980. The number of nitrogens with zero attached hydrogens (tertiary/aromatic N) is 1. The Morgan fingerprint density at radius 1 is 0.897 bits per heavy atom. The van der Waals surface area contributed by atoms with E-state index in [0.717, 1.165) is 37.3 Å². The zero-order chi connectivity index (χ0) is 20.4. The van der Waals surface area contributed by atoms with Gasteiger partial charge >= 0.3 is 6.36 Å². The Kier molecular flexibility index (Phi) is 5.48. The summed E-state index contributed by atoms with van der Waals surface area (Å²) in [5, 5.41) is 5.74. The summed E-state index contributed by atoms with van der Waals surface area (Å²) in [6.07, 6.45) is -4.69. The van der Waals surface area contributed by atoms with Gasteiger partial charge in [-0.25, -0.2) is 0 Å². The molecule has 1 aliphatic rings. The van der Waals surface area contributed by atoms with Crippen LogP contribution in [0.15, 0.2) is 60.7 Å². The molecule has 3 aromatic rings. The van der Waals surface area contributed by atoms with Gasteiger partial charge in [-0.2, -0.15) is 0 Å². The maximum absolute atomic E-state index is 12.5. The molecule has 0 amide bonds. The summed E-state index contributed by atoms with van der Waals surface area (Å²) in [6, 6.07) is 18.8. The molecule has 1 aliphatic heterocycles. The first kappa shape index (κ1) is 19.7. The summed E-state index contributed by atoms with van der Waals surface area (Å²) >= 11 is 0. The average molecular weight is 400 g/mol. The summed E-state index contributed by atoms with van der Waals surface area (Å²) in [7, 11) is 0. The number of rotatable bonds is 4. The third-order valence-corrected chi connectivity index (χ3v) is 5.42. The molecule has 0 spiro atoms. The summed E-state index contributed by atoms with van der Waals surface area (Å²) in [5.41, 5.74) is 3.32. The van der Waals surface area contributed by atoms with E-state index in [-0.39, 0.29) is 11.8 Å². The van der Waals surface area contributed by atoms with Crippen molar-refractivity contribution < 1.29 is 17.9 Å². The van der Waals surface area contributed by atoms with Crippen LogP contribution in [0, 0.1) is 6.92 Å². The smallest absolute Gasteiger partial charge is 0.406 e. The highest BCUT2D eigenvalue weighted by atomic mass is 19.4. The molecule has 0 aliphatic carbocycles. The van der Waals surface area contributed by atoms with E-state index in [4.69, 9.17) is 0 Å². The number of benzene rings is 3. The number of ether oxygens (including phenoxy) is 1. The number of nitrogens with one attached hydrogen (secondary N) is 1. The standard InChI is InChI=1S/C23H23F3N2O/c1-16-6-11-21(20-5-3-2-4-19(16)20)22(28-14-12-27-13-15-28)17-7-9-18(10-8-17)29-23(24,25)26/h2-11,22,27H,12-15H2,1H3/t22-/m1/s1. The summed E-state index contributed by atoms with van der Waals surface area (Å²) in [5.74, 6) is -0.200. The summed E-state index contributed by atoms with van der Waals surface area (Å²) in [4.78, 5) is 2.38. The molecule has 0 unspecified atom stereocenters. The van der Waals surface area contributed by atoms with Crippen molar-refractivity contribution in [1.29, 1.82) is 0 Å². The van der Waals surface area contributed by atoms with Gasteiger partial charge in [-0.1, -0.05) is 48.5 Å². The van der Waals surface area contributed by atoms with Crippen molar-refractivity contribution in [3.05, 3.63) is 77.4 Å². The number of fused-ring (bicyclic) bond motifs is 1. The van der Waals surface area contributed by atoms with Gasteiger partial charge in [0.1, 0.15) is 5.75 Å². The van der Waals surface area contributed by atoms with Gasteiger partial charge in [0.05, 0.1) is 6.04 Å². The van der Waals surface area contributed by atoms with Crippen molar-refractivity contribution in [2.24, 2.45) is 0 Å². The highest BCUT2D eigenvalue weighted by Crippen LogP contribution is 2.36. The van der Waals surface area contributed by atoms with Crippen LogP contribution in [0.4, 0.5) is 13.2 Å². The third-order valence-electron chi connectivity index (χ3n) is 5.42. The number of alkyl halides is 3. The maximum Gasteiger partial charge on any atom is 0.573 e. The fourth-order valence-electron chi connectivity index (χ4n) is 4.09. The van der Waals surface area contributed by atoms with Crippen LogP contribution in [0.2, 0.25) is 0 Å². The minimum Gasteiger partial charge on any atom is -0.406 e. The Hall–Kier alpha value is -2.57. The molecule has 3 aromatic carbocycles. The molecule has 0 radical (unpaired) electrons. The maximum atomic E-state index is 12.5. The Labute approximate surface area is 168 Å². The van der Waals surface area contributed by atoms with Gasteiger partial charge in [-0.3, -0.25) is 4.90 Å². The zero-order valence-electron chi connectivity index (χ0n) is 16.2. The first-order valence-electron chi connectivity index (χ1n) is 9.71. The second kappa shape index (κ2) is 8.05. The van der Waals surface area contributed by atoms with Crippen LogP contribution in [0.5, 0.6) is 5.75 Å². The van der Waals surface area contributed by atoms with Crippen LogP contribution in [0.3, 0.4) is 0 Å². The lowest BCUT2D eigenvalue weighted by Gasteiger charge is -2.36. The molecule has 1 saturated heterocycles. The van der Waals surface area contributed by atoms with E-state index in [0.29, 0.717) is 0 Å². The molecule has 1 heterocycles. The predicted molar refractivity (Wildman–Crippen MR) is 108 cm³/mol. The van der Waals surface area contributed by atoms with Crippen LogP contribution >= 0.6 is 0 Å². The van der Waals surface area contributed by atoms with E-state index in [1.807, 2.05) is 12.1 Å². The predicted octanol–water partition coefficient (Wildman–Crippen LogP) is 5.04. The fraction of sp³-hybridized carbons (Fsp3) is 0.304. The lowest BCUT2D eigenvalue weighted by Crippen LogP contribution is -2.45. The monoisotopic (exact) mass is 400 g/mol. The topological polar surface area (TPSA) is 24.5 Å². The number of hydrogen-bond acceptors (Lipinski definition) is 3. The molecule has 0 saturated carbocycles. The van der Waals surface area contributed by atoms with E-state index in [2.05, 4.69) is 46.1 Å². The van der Waals surface area contributed by atoms with E-state index in [1.165, 1.54) is 28.5 Å². The molecule has 152 valence electrons. The van der Waals surface area contributed by atoms with Crippen LogP contribution < -0.4 is 10.1 Å². The van der Waals surface area contributed by atoms with Crippen molar-refractivity contribution in [2.45, 2.75) is 19.3 Å². The quantitative estimate of drug-likeness (QED) is 0.664. The average Bonchev–Trinajstić information content (AvgIpc) is 2.71. The Morgan fingerprint density at radius 3 is 2.21 bits per heavy atom. The molecular formula is C23H23F3N2O. The largest absolute Gasteiger partial charge is 0.573 e. The van der Waals surface area contributed by atoms with Crippen molar-refractivity contribution >= 4 is 10.8 Å². The van der Waals surface area contributed by atoms with Crippen molar-refractivity contribution in [3.8, 4) is 5.75 Å². The lowest BCUT2D eigenvalue weighted by atomic mass is 9.90. The van der Waals surface area contributed by atoms with E-state index in [9.17, 15) is 13.2 Å². The minimum absolute atomic E-state index is 0.0393. The molecule has 6 heteroatoms. The van der Waals surface area contributed by atoms with Gasteiger partial charge < -0.3 is 10.1 Å². The van der Waals surface area contributed by atoms with Crippen LogP contribution in [0.25, 0.3) is 10.8 Å². The van der Waals surface area contributed by atoms with Crippen LogP contribution in [-0.4, -0.2) is 37.4 Å². The molecule has 0 bridgehead atoms. The highest BCUT2D eigenvalue weighted by molar-refractivity contribution is 5.89. The summed E-state index contributed by atoms with van der Waals surface area (Å²) in [6.45, 7) is 5.60. The zero-order valence-corrected chi connectivity index (χ0v) is 16.2. The van der Waals surface area contributed by atoms with Crippen molar-refractivity contribution in [3.63, 3.8) is 0 Å². The molecule has 29 heavy (non-hydrogen) atoms. The lowest BCUT2D eigenvalue weighted by molar-refractivity contribution is -0.274. The number of aryl methyl sites for hydroxylation is 1. The number of piperazine rings is 1. The molecule has 1 atom stereocenters. The van der Waals surface area contributed by atoms with Crippen molar-refractivity contribution in [1.82, 2.24) is 10.2 Å². The molecule has 1 N–H and O–H groups in total. The molecule has 3 nitrogen and oxygen atoms in total.